The van der Waals surface area contributed by atoms with Crippen LogP contribution in [0.1, 0.15) is 19.8 Å². The fourth-order valence-corrected chi connectivity index (χ4v) is 2.89. The van der Waals surface area contributed by atoms with E-state index in [1.807, 2.05) is 0 Å². The van der Waals surface area contributed by atoms with Gasteiger partial charge in [-0.25, -0.2) is 0 Å². The second-order valence-electron chi connectivity index (χ2n) is 4.72. The first-order valence-corrected chi connectivity index (χ1v) is 6.38. The van der Waals surface area contributed by atoms with Crippen molar-refractivity contribution in [1.29, 1.82) is 0 Å². The van der Waals surface area contributed by atoms with Gasteiger partial charge in [-0.3, -0.25) is 9.69 Å². The fraction of sp³-hybridized carbons (Fsp3) is 0.917. The van der Waals surface area contributed by atoms with Crippen molar-refractivity contribution in [3.63, 3.8) is 0 Å². The highest BCUT2D eigenvalue weighted by atomic mass is 16.5. The maximum Gasteiger partial charge on any atom is 0.310 e. The lowest BCUT2D eigenvalue weighted by molar-refractivity contribution is -0.143. The molecule has 2 fully saturated rings. The number of hydrogen-bond donors (Lipinski definition) is 1. The maximum atomic E-state index is 11.2. The summed E-state index contributed by atoms with van der Waals surface area (Å²) in [5, 5.41) is 9.20. The molecule has 1 N–H and O–H groups in total. The molecule has 0 aromatic rings. The van der Waals surface area contributed by atoms with Crippen molar-refractivity contribution >= 4 is 5.97 Å². The molecule has 0 bridgehead atoms. The lowest BCUT2D eigenvalue weighted by atomic mass is 9.97. The normalized spacial score (nSPS) is 30.9. The molecule has 5 heteroatoms. The summed E-state index contributed by atoms with van der Waals surface area (Å²) >= 11 is 0. The Morgan fingerprint density at radius 2 is 2.00 bits per heavy atom. The summed E-state index contributed by atoms with van der Waals surface area (Å²) in [7, 11) is 0. The SMILES string of the molecule is CCN(C1CCOCC1)C1COCC1C(=O)O. The van der Waals surface area contributed by atoms with Crippen molar-refractivity contribution in [3.05, 3.63) is 0 Å². The number of carbonyl (C=O) groups is 1. The van der Waals surface area contributed by atoms with Gasteiger partial charge in [0.05, 0.1) is 19.1 Å². The Morgan fingerprint density at radius 3 is 2.59 bits per heavy atom. The second-order valence-corrected chi connectivity index (χ2v) is 4.72. The highest BCUT2D eigenvalue weighted by molar-refractivity contribution is 5.71. The average molecular weight is 243 g/mol. The first-order chi connectivity index (χ1) is 8.24. The van der Waals surface area contributed by atoms with Crippen molar-refractivity contribution < 1.29 is 19.4 Å². The molecule has 17 heavy (non-hydrogen) atoms. The van der Waals surface area contributed by atoms with Crippen LogP contribution in [0.3, 0.4) is 0 Å². The lowest BCUT2D eigenvalue weighted by Gasteiger charge is -2.38. The molecule has 2 aliphatic heterocycles. The van der Waals surface area contributed by atoms with Crippen LogP contribution in [-0.4, -0.2) is 61.0 Å². The van der Waals surface area contributed by atoms with E-state index in [-0.39, 0.29) is 12.0 Å². The number of nitrogens with zero attached hydrogens (tertiary/aromatic N) is 1. The van der Waals surface area contributed by atoms with Gasteiger partial charge in [-0.05, 0) is 19.4 Å². The first-order valence-electron chi connectivity index (χ1n) is 6.38. The van der Waals surface area contributed by atoms with Crippen LogP contribution in [-0.2, 0) is 14.3 Å². The number of aliphatic carboxylic acids is 1. The van der Waals surface area contributed by atoms with Crippen molar-refractivity contribution in [2.24, 2.45) is 5.92 Å². The number of likely N-dealkylation sites (N-methyl/N-ethyl adjacent to an activating group) is 1. The molecule has 0 aromatic heterocycles. The van der Waals surface area contributed by atoms with Gasteiger partial charge in [-0.15, -0.1) is 0 Å². The van der Waals surface area contributed by atoms with Crippen LogP contribution in [0.4, 0.5) is 0 Å². The van der Waals surface area contributed by atoms with Gasteiger partial charge in [0.15, 0.2) is 0 Å². The summed E-state index contributed by atoms with van der Waals surface area (Å²) in [6.45, 7) is 5.43. The molecule has 2 heterocycles. The van der Waals surface area contributed by atoms with E-state index in [0.717, 1.165) is 32.6 Å². The lowest BCUT2D eigenvalue weighted by Crippen LogP contribution is -2.50. The number of carboxylic acids is 1. The zero-order valence-corrected chi connectivity index (χ0v) is 10.3. The van der Waals surface area contributed by atoms with Crippen LogP contribution in [0.2, 0.25) is 0 Å². The molecule has 2 unspecified atom stereocenters. The number of hydrogen-bond acceptors (Lipinski definition) is 4. The standard InChI is InChI=1S/C12H21NO4/c1-2-13(9-3-5-16-6-4-9)11-8-17-7-10(11)12(14)15/h9-11H,2-8H2,1H3,(H,14,15). The molecule has 0 radical (unpaired) electrons. The molecule has 2 saturated heterocycles. The minimum Gasteiger partial charge on any atom is -0.481 e. The number of ether oxygens (including phenoxy) is 2. The van der Waals surface area contributed by atoms with Crippen LogP contribution in [0.15, 0.2) is 0 Å². The number of rotatable bonds is 4. The van der Waals surface area contributed by atoms with Gasteiger partial charge >= 0.3 is 5.97 Å². The third-order valence-corrected chi connectivity index (χ3v) is 3.82. The molecule has 0 amide bonds. The Bertz CT molecular complexity index is 265. The van der Waals surface area contributed by atoms with Crippen LogP contribution in [0.5, 0.6) is 0 Å². The van der Waals surface area contributed by atoms with Crippen molar-refractivity contribution in [1.82, 2.24) is 4.90 Å². The minimum absolute atomic E-state index is 0.0283. The molecule has 5 nitrogen and oxygen atoms in total. The molecule has 2 atom stereocenters. The van der Waals surface area contributed by atoms with Gasteiger partial charge < -0.3 is 14.6 Å². The van der Waals surface area contributed by atoms with E-state index in [0.29, 0.717) is 19.3 Å². The molecule has 0 spiro atoms. The Hall–Kier alpha value is -0.650. The Labute approximate surface area is 102 Å². The fourth-order valence-electron chi connectivity index (χ4n) is 2.89. The summed E-state index contributed by atoms with van der Waals surface area (Å²) in [6.07, 6.45) is 1.99. The largest absolute Gasteiger partial charge is 0.481 e. The zero-order valence-electron chi connectivity index (χ0n) is 10.3. The van der Waals surface area contributed by atoms with Crippen LogP contribution >= 0.6 is 0 Å². The van der Waals surface area contributed by atoms with Crippen LogP contribution in [0.25, 0.3) is 0 Å². The zero-order chi connectivity index (χ0) is 12.3. The van der Waals surface area contributed by atoms with E-state index >= 15 is 0 Å². The van der Waals surface area contributed by atoms with Crippen molar-refractivity contribution in [2.75, 3.05) is 33.0 Å². The quantitative estimate of drug-likeness (QED) is 0.783. The molecule has 2 rings (SSSR count). The predicted octanol–water partition coefficient (Wildman–Crippen LogP) is 0.587. The Kier molecular flexibility index (Phi) is 4.36. The highest BCUT2D eigenvalue weighted by Gasteiger charge is 2.40. The molecule has 0 saturated carbocycles. The van der Waals surface area contributed by atoms with Gasteiger partial charge in [0.1, 0.15) is 0 Å². The van der Waals surface area contributed by atoms with Gasteiger partial charge in [-0.1, -0.05) is 6.92 Å². The van der Waals surface area contributed by atoms with Crippen molar-refractivity contribution in [2.45, 2.75) is 31.8 Å². The summed E-state index contributed by atoms with van der Waals surface area (Å²) in [6, 6.07) is 0.475. The van der Waals surface area contributed by atoms with Gasteiger partial charge in [0, 0.05) is 25.3 Å². The molecular weight excluding hydrogens is 222 g/mol. The third-order valence-electron chi connectivity index (χ3n) is 3.82. The average Bonchev–Trinajstić information content (AvgIpc) is 2.81. The number of carboxylic acid groups (broad SMARTS) is 1. The second kappa shape index (κ2) is 5.80. The Morgan fingerprint density at radius 1 is 1.29 bits per heavy atom. The van der Waals surface area contributed by atoms with E-state index in [1.54, 1.807) is 0 Å². The smallest absolute Gasteiger partial charge is 0.310 e. The topological polar surface area (TPSA) is 59.0 Å². The van der Waals surface area contributed by atoms with Crippen LogP contribution < -0.4 is 0 Å². The van der Waals surface area contributed by atoms with Gasteiger partial charge in [0.2, 0.25) is 0 Å². The molecule has 98 valence electrons. The third kappa shape index (κ3) is 2.78. The molecule has 0 aliphatic carbocycles. The van der Waals surface area contributed by atoms with Gasteiger partial charge in [0.25, 0.3) is 0 Å². The van der Waals surface area contributed by atoms with Crippen LogP contribution in [0, 0.1) is 5.92 Å². The maximum absolute atomic E-state index is 11.2. The first kappa shape index (κ1) is 12.8. The summed E-state index contributed by atoms with van der Waals surface area (Å²) in [4.78, 5) is 13.5. The van der Waals surface area contributed by atoms with E-state index in [2.05, 4.69) is 11.8 Å². The Balaban J connectivity index is 2.03. The van der Waals surface area contributed by atoms with E-state index in [1.165, 1.54) is 0 Å². The molecule has 2 aliphatic rings. The molecule has 0 aromatic carbocycles. The van der Waals surface area contributed by atoms with E-state index in [9.17, 15) is 9.90 Å². The minimum atomic E-state index is -0.738. The summed E-state index contributed by atoms with van der Waals surface area (Å²) < 4.78 is 10.7. The monoisotopic (exact) mass is 243 g/mol. The molecular formula is C12H21NO4. The summed E-state index contributed by atoms with van der Waals surface area (Å²) in [5.74, 6) is -1.11. The highest BCUT2D eigenvalue weighted by Crippen LogP contribution is 2.25. The van der Waals surface area contributed by atoms with E-state index in [4.69, 9.17) is 9.47 Å². The van der Waals surface area contributed by atoms with E-state index < -0.39 is 5.97 Å². The predicted molar refractivity (Wildman–Crippen MR) is 62.0 cm³/mol. The summed E-state index contributed by atoms with van der Waals surface area (Å²) in [5.41, 5.74) is 0. The van der Waals surface area contributed by atoms with Gasteiger partial charge in [-0.2, -0.15) is 0 Å². The van der Waals surface area contributed by atoms with Crippen molar-refractivity contribution in [3.8, 4) is 0 Å².